The van der Waals surface area contributed by atoms with Crippen LogP contribution in [0, 0.1) is 13.8 Å². The molecular formula is C18H20N4O4S4. The van der Waals surface area contributed by atoms with Gasteiger partial charge in [0.05, 0.1) is 16.4 Å². The topological polar surface area (TPSA) is 105 Å². The van der Waals surface area contributed by atoms with Crippen LogP contribution in [-0.4, -0.2) is 53.0 Å². The van der Waals surface area contributed by atoms with Crippen molar-refractivity contribution in [3.63, 3.8) is 0 Å². The maximum absolute atomic E-state index is 13.1. The Kier molecular flexibility index (Phi) is 6.30. The number of aromatic nitrogens is 2. The Morgan fingerprint density at radius 1 is 1.37 bits per heavy atom. The van der Waals surface area contributed by atoms with Crippen molar-refractivity contribution in [1.29, 1.82) is 0 Å². The molecule has 4 heterocycles. The van der Waals surface area contributed by atoms with Crippen LogP contribution in [0.2, 0.25) is 0 Å². The van der Waals surface area contributed by atoms with Crippen molar-refractivity contribution in [2.45, 2.75) is 31.2 Å². The number of sulfonamides is 1. The summed E-state index contributed by atoms with van der Waals surface area (Å²) in [4.78, 5) is 18.5. The van der Waals surface area contributed by atoms with Crippen molar-refractivity contribution in [3.05, 3.63) is 40.0 Å². The van der Waals surface area contributed by atoms with Crippen molar-refractivity contribution in [3.8, 4) is 9.88 Å². The summed E-state index contributed by atoms with van der Waals surface area (Å²) in [6, 6.07) is 3.26. The first-order valence-electron chi connectivity index (χ1n) is 9.16. The number of aryl methyl sites for hydroxylation is 2. The molecule has 160 valence electrons. The molecule has 1 aliphatic rings. The van der Waals surface area contributed by atoms with E-state index in [9.17, 15) is 13.2 Å². The van der Waals surface area contributed by atoms with E-state index in [2.05, 4.69) is 15.5 Å². The third-order valence-corrected chi connectivity index (χ3v) is 9.85. The van der Waals surface area contributed by atoms with Gasteiger partial charge in [-0.15, -0.1) is 34.4 Å². The second-order valence-electron chi connectivity index (χ2n) is 6.72. The van der Waals surface area contributed by atoms with Crippen LogP contribution in [0.25, 0.3) is 9.88 Å². The monoisotopic (exact) mass is 484 g/mol. The summed E-state index contributed by atoms with van der Waals surface area (Å²) in [6.07, 6.45) is 0.587. The van der Waals surface area contributed by atoms with Gasteiger partial charge in [-0.25, -0.2) is 13.4 Å². The second-order valence-corrected chi connectivity index (χ2v) is 11.4. The molecular weight excluding hydrogens is 464 g/mol. The molecule has 12 heteroatoms. The maximum Gasteiger partial charge on any atom is 0.249 e. The fourth-order valence-electron chi connectivity index (χ4n) is 3.20. The van der Waals surface area contributed by atoms with Crippen LogP contribution in [-0.2, 0) is 21.2 Å². The number of hydrogen-bond acceptors (Lipinski definition) is 9. The lowest BCUT2D eigenvalue weighted by molar-refractivity contribution is -0.123. The van der Waals surface area contributed by atoms with E-state index in [1.165, 1.54) is 16.1 Å². The van der Waals surface area contributed by atoms with Gasteiger partial charge in [0.25, 0.3) is 0 Å². The number of thiophene rings is 1. The zero-order chi connectivity index (χ0) is 21.3. The minimum Gasteiger partial charge on any atom is -0.360 e. The summed E-state index contributed by atoms with van der Waals surface area (Å²) >= 11 is 4.63. The van der Waals surface area contributed by atoms with Gasteiger partial charge in [-0.05, 0) is 25.3 Å². The first-order chi connectivity index (χ1) is 14.4. The largest absolute Gasteiger partial charge is 0.360 e. The van der Waals surface area contributed by atoms with Crippen molar-refractivity contribution in [2.75, 3.05) is 18.2 Å². The number of hydrogen-bond donors (Lipinski definition) is 1. The predicted octanol–water partition coefficient (Wildman–Crippen LogP) is 2.90. The summed E-state index contributed by atoms with van der Waals surface area (Å²) in [5.74, 6) is 0.562. The fourth-order valence-corrected chi connectivity index (χ4v) is 8.31. The van der Waals surface area contributed by atoms with Gasteiger partial charge in [-0.2, -0.15) is 4.31 Å². The molecule has 3 aromatic heterocycles. The van der Waals surface area contributed by atoms with Gasteiger partial charge in [0.15, 0.2) is 5.76 Å². The average Bonchev–Trinajstić information content (AvgIpc) is 3.49. The number of amides is 1. The Hall–Kier alpha value is -1.73. The molecule has 1 amide bonds. The number of thioether (sulfide) groups is 1. The second kappa shape index (κ2) is 8.79. The van der Waals surface area contributed by atoms with E-state index in [0.717, 1.165) is 15.6 Å². The molecule has 1 saturated heterocycles. The SMILES string of the molecule is Cc1noc(C)c1S(=O)(=O)N1CSC[C@@H]1C(=O)NCCc1csc(-c2cccs2)n1. The highest BCUT2D eigenvalue weighted by Gasteiger charge is 2.42. The van der Waals surface area contributed by atoms with Gasteiger partial charge in [-0.3, -0.25) is 4.79 Å². The van der Waals surface area contributed by atoms with E-state index in [1.54, 1.807) is 36.5 Å². The van der Waals surface area contributed by atoms with Gasteiger partial charge in [0, 0.05) is 24.1 Å². The van der Waals surface area contributed by atoms with Crippen molar-refractivity contribution in [2.24, 2.45) is 0 Å². The highest BCUT2D eigenvalue weighted by atomic mass is 32.2. The lowest BCUT2D eigenvalue weighted by Crippen LogP contribution is -2.47. The smallest absolute Gasteiger partial charge is 0.249 e. The highest BCUT2D eigenvalue weighted by molar-refractivity contribution is 8.00. The molecule has 4 rings (SSSR count). The number of thiazole rings is 1. The summed E-state index contributed by atoms with van der Waals surface area (Å²) in [5, 5.41) is 11.6. The van der Waals surface area contributed by atoms with E-state index < -0.39 is 16.1 Å². The molecule has 1 N–H and O–H groups in total. The first kappa shape index (κ1) is 21.5. The zero-order valence-electron chi connectivity index (χ0n) is 16.3. The number of rotatable bonds is 7. The molecule has 8 nitrogen and oxygen atoms in total. The van der Waals surface area contributed by atoms with E-state index >= 15 is 0 Å². The Labute approximate surface area is 186 Å². The lowest BCUT2D eigenvalue weighted by Gasteiger charge is -2.22. The van der Waals surface area contributed by atoms with Crippen LogP contribution >= 0.6 is 34.4 Å². The lowest BCUT2D eigenvalue weighted by atomic mass is 10.3. The number of nitrogens with zero attached hydrogens (tertiary/aromatic N) is 3. The van der Waals surface area contributed by atoms with Crippen molar-refractivity contribution >= 4 is 50.4 Å². The van der Waals surface area contributed by atoms with E-state index in [0.29, 0.717) is 24.4 Å². The molecule has 0 spiro atoms. The van der Waals surface area contributed by atoms with Gasteiger partial charge < -0.3 is 9.84 Å². The fraction of sp³-hybridized carbons (Fsp3) is 0.389. The third kappa shape index (κ3) is 4.19. The Morgan fingerprint density at radius 3 is 2.90 bits per heavy atom. The van der Waals surface area contributed by atoms with Crippen molar-refractivity contribution in [1.82, 2.24) is 19.8 Å². The van der Waals surface area contributed by atoms with Crippen LogP contribution in [0.15, 0.2) is 32.3 Å². The molecule has 0 aromatic carbocycles. The number of carbonyl (C=O) groups is 1. The first-order valence-corrected chi connectivity index (χ1v) is 13.5. The molecule has 0 bridgehead atoms. The molecule has 3 aromatic rings. The molecule has 1 aliphatic heterocycles. The number of nitrogens with one attached hydrogen (secondary N) is 1. The van der Waals surface area contributed by atoms with E-state index in [4.69, 9.17) is 4.52 Å². The average molecular weight is 485 g/mol. The summed E-state index contributed by atoms with van der Waals surface area (Å²) in [6.45, 7) is 3.54. The summed E-state index contributed by atoms with van der Waals surface area (Å²) in [7, 11) is -3.86. The third-order valence-electron chi connectivity index (χ3n) is 4.64. The van der Waals surface area contributed by atoms with Crippen LogP contribution in [0.4, 0.5) is 0 Å². The number of carbonyl (C=O) groups excluding carboxylic acids is 1. The van der Waals surface area contributed by atoms with Gasteiger partial charge >= 0.3 is 0 Å². The van der Waals surface area contributed by atoms with Crippen molar-refractivity contribution < 1.29 is 17.7 Å². The summed E-state index contributed by atoms with van der Waals surface area (Å²) < 4.78 is 32.4. The normalized spacial score (nSPS) is 17.5. The Morgan fingerprint density at radius 2 is 2.20 bits per heavy atom. The van der Waals surface area contributed by atoms with Gasteiger partial charge in [0.2, 0.25) is 15.9 Å². The molecule has 0 radical (unpaired) electrons. The molecule has 0 aliphatic carbocycles. The zero-order valence-corrected chi connectivity index (χ0v) is 19.6. The van der Waals surface area contributed by atoms with Crippen LogP contribution in [0.3, 0.4) is 0 Å². The minimum absolute atomic E-state index is 0.0476. The van der Waals surface area contributed by atoms with E-state index in [1.807, 2.05) is 22.9 Å². The van der Waals surface area contributed by atoms with Gasteiger partial charge in [0.1, 0.15) is 21.6 Å². The van der Waals surface area contributed by atoms with Crippen LogP contribution in [0.1, 0.15) is 17.1 Å². The minimum atomic E-state index is -3.86. The highest BCUT2D eigenvalue weighted by Crippen LogP contribution is 2.31. The molecule has 1 atom stereocenters. The standard InChI is InChI=1S/C18H20N4O4S4/c1-11-16(12(2)26-21-11)30(24,25)22-10-27-9-14(22)17(23)19-6-5-13-8-29-18(20-13)15-4-3-7-28-15/h3-4,7-8,14H,5-6,9-10H2,1-2H3,(H,19,23)/t14-/m1/s1. The molecule has 30 heavy (non-hydrogen) atoms. The summed E-state index contributed by atoms with van der Waals surface area (Å²) in [5.41, 5.74) is 1.21. The molecule has 1 fully saturated rings. The Bertz CT molecular complexity index is 1120. The van der Waals surface area contributed by atoms with Gasteiger partial charge in [-0.1, -0.05) is 11.2 Å². The van der Waals surface area contributed by atoms with E-state index in [-0.39, 0.29) is 22.4 Å². The predicted molar refractivity (Wildman–Crippen MR) is 118 cm³/mol. The Balaban J connectivity index is 1.38. The van der Waals surface area contributed by atoms with Crippen LogP contribution in [0.5, 0.6) is 0 Å². The molecule has 0 unspecified atom stereocenters. The maximum atomic E-state index is 13.1. The van der Waals surface area contributed by atoms with Crippen LogP contribution < -0.4 is 5.32 Å². The molecule has 0 saturated carbocycles. The quantitative estimate of drug-likeness (QED) is 0.550.